The molecule has 3 heterocycles. The van der Waals surface area contributed by atoms with Crippen LogP contribution in [0.25, 0.3) is 22.5 Å². The van der Waals surface area contributed by atoms with Crippen molar-refractivity contribution in [3.8, 4) is 34.4 Å². The molecule has 1 aliphatic heterocycles. The molecule has 58 heavy (non-hydrogen) atoms. The summed E-state index contributed by atoms with van der Waals surface area (Å²) in [6.07, 6.45) is -1.92. The number of hydrogen-bond donors (Lipinski definition) is 4. The van der Waals surface area contributed by atoms with Gasteiger partial charge in [0, 0.05) is 36.0 Å². The Morgan fingerprint density at radius 2 is 1.62 bits per heavy atom. The van der Waals surface area contributed by atoms with Crippen molar-refractivity contribution in [2.45, 2.75) is 52.0 Å². The number of rotatable bonds is 13. The lowest BCUT2D eigenvalue weighted by molar-refractivity contribution is -0.148. The molecule has 5 rings (SSSR count). The summed E-state index contributed by atoms with van der Waals surface area (Å²) in [4.78, 5) is 69.1. The number of aromatic nitrogens is 4. The lowest BCUT2D eigenvalue weighted by Crippen LogP contribution is -2.51. The van der Waals surface area contributed by atoms with Gasteiger partial charge in [0.15, 0.2) is 0 Å². The minimum absolute atomic E-state index is 0.113. The van der Waals surface area contributed by atoms with Gasteiger partial charge in [-0.15, -0.1) is 0 Å². The van der Waals surface area contributed by atoms with E-state index in [9.17, 15) is 32.3 Å². The molecular weight excluding hydrogens is 759 g/mol. The fourth-order valence-electron chi connectivity index (χ4n) is 6.34. The van der Waals surface area contributed by atoms with Crippen molar-refractivity contribution in [1.82, 2.24) is 45.3 Å². The number of nitrogens with zero attached hydrogens (tertiary/aromatic N) is 5. The average Bonchev–Trinajstić information content (AvgIpc) is 3.98. The molecule has 0 saturated carbocycles. The molecule has 18 heteroatoms. The maximum Gasteiger partial charge on any atom is 0.407 e. The molecule has 308 valence electrons. The summed E-state index contributed by atoms with van der Waals surface area (Å²) >= 11 is 0. The molecule has 2 aromatic carbocycles. The van der Waals surface area contributed by atoms with Crippen molar-refractivity contribution in [2.24, 2.45) is 5.92 Å². The van der Waals surface area contributed by atoms with Crippen LogP contribution in [0.2, 0.25) is 0 Å². The van der Waals surface area contributed by atoms with E-state index in [-0.39, 0.29) is 38.1 Å². The molecule has 0 unspecified atom stereocenters. The van der Waals surface area contributed by atoms with E-state index in [1.165, 1.54) is 12.0 Å². The van der Waals surface area contributed by atoms with E-state index >= 15 is 0 Å². The number of nitrogens with one attached hydrogen (secondary N) is 4. The second-order valence-corrected chi connectivity index (χ2v) is 13.9. The summed E-state index contributed by atoms with van der Waals surface area (Å²) in [6.45, 7) is 4.34. The minimum atomic E-state index is -4.48. The predicted octanol–water partition coefficient (Wildman–Crippen LogP) is 5.05. The summed E-state index contributed by atoms with van der Waals surface area (Å²) in [5.41, 5.74) is 4.42. The van der Waals surface area contributed by atoms with E-state index in [1.54, 1.807) is 31.1 Å². The first kappa shape index (κ1) is 42.8. The molecule has 2 aromatic heterocycles. The van der Waals surface area contributed by atoms with Crippen LogP contribution in [-0.2, 0) is 25.6 Å². The maximum atomic E-state index is 13.7. The molecule has 1 aliphatic rings. The van der Waals surface area contributed by atoms with E-state index in [2.05, 4.69) is 51.9 Å². The average molecular weight is 806 g/mol. The molecule has 2 atom stereocenters. The Labute approximate surface area is 333 Å². The number of methoxy groups -OCH3 is 2. The van der Waals surface area contributed by atoms with Crippen LogP contribution in [0.5, 0.6) is 0 Å². The second-order valence-electron chi connectivity index (χ2n) is 13.9. The molecule has 0 radical (unpaired) electrons. The highest BCUT2D eigenvalue weighted by atomic mass is 19.4. The van der Waals surface area contributed by atoms with Gasteiger partial charge in [0.2, 0.25) is 11.8 Å². The fourth-order valence-corrected chi connectivity index (χ4v) is 6.34. The standard InChI is InChI=1S/C40H46F3N9O6/c1-6-17-51(34(53)20-46-38(55)57-4)22-33-44-18-30(47-33)28-13-9-26(10-14-28)7-8-27-11-15-29(16-12-27)31-19-45-36(48-31)32-21-50(23-40(41,42)43)24-52(32)37(54)35(25(2)3)49-39(56)58-5/h9-16,18-19,25,32,35H,6,17,20-24H2,1-5H3,(H,44,47)(H,45,48)(H,46,55)(H,49,56)/t32-,35-/m0/s1. The summed E-state index contributed by atoms with van der Waals surface area (Å²) in [5, 5.41) is 4.91. The zero-order valence-electron chi connectivity index (χ0n) is 32.8. The van der Waals surface area contributed by atoms with Crippen molar-refractivity contribution < 1.29 is 41.8 Å². The quantitative estimate of drug-likeness (QED) is 0.135. The van der Waals surface area contributed by atoms with Crippen molar-refractivity contribution in [3.63, 3.8) is 0 Å². The number of amides is 4. The Morgan fingerprint density at radius 1 is 0.983 bits per heavy atom. The van der Waals surface area contributed by atoms with Gasteiger partial charge in [-0.1, -0.05) is 56.9 Å². The number of H-pyrrole nitrogens is 2. The number of benzene rings is 2. The van der Waals surface area contributed by atoms with E-state index in [0.717, 1.165) is 46.4 Å². The van der Waals surface area contributed by atoms with Crippen LogP contribution in [-0.4, -0.2) is 118 Å². The van der Waals surface area contributed by atoms with Crippen molar-refractivity contribution in [1.29, 1.82) is 0 Å². The van der Waals surface area contributed by atoms with Gasteiger partial charge in [-0.05, 0) is 42.2 Å². The van der Waals surface area contributed by atoms with Gasteiger partial charge in [0.05, 0.1) is 51.6 Å². The van der Waals surface area contributed by atoms with E-state index in [4.69, 9.17) is 0 Å². The number of alkyl halides is 3. The third-order valence-corrected chi connectivity index (χ3v) is 9.26. The lowest BCUT2D eigenvalue weighted by Gasteiger charge is -2.29. The molecule has 15 nitrogen and oxygen atoms in total. The topological polar surface area (TPSA) is 178 Å². The molecule has 0 aliphatic carbocycles. The van der Waals surface area contributed by atoms with Crippen LogP contribution < -0.4 is 10.6 Å². The lowest BCUT2D eigenvalue weighted by atomic mass is 10.0. The van der Waals surface area contributed by atoms with Gasteiger partial charge < -0.3 is 39.9 Å². The van der Waals surface area contributed by atoms with E-state index < -0.39 is 42.9 Å². The minimum Gasteiger partial charge on any atom is -0.453 e. The number of halogens is 3. The zero-order chi connectivity index (χ0) is 42.0. The van der Waals surface area contributed by atoms with Crippen molar-refractivity contribution in [3.05, 3.63) is 83.7 Å². The number of alkyl carbamates (subject to hydrolysis) is 2. The van der Waals surface area contributed by atoms with E-state index in [1.807, 2.05) is 55.5 Å². The number of imidazole rings is 2. The first-order valence-electron chi connectivity index (χ1n) is 18.5. The molecule has 4 amide bonds. The van der Waals surface area contributed by atoms with Crippen LogP contribution in [0.4, 0.5) is 22.8 Å². The number of carbonyl (C=O) groups excluding carboxylic acids is 4. The number of hydrogen-bond acceptors (Lipinski definition) is 9. The Hall–Kier alpha value is -6.35. The molecule has 1 saturated heterocycles. The normalized spacial score (nSPS) is 14.7. The predicted molar refractivity (Wildman–Crippen MR) is 206 cm³/mol. The number of ether oxygens (including phenoxy) is 2. The second kappa shape index (κ2) is 19.2. The summed E-state index contributed by atoms with van der Waals surface area (Å²) in [6, 6.07) is 13.1. The monoisotopic (exact) mass is 805 g/mol. The molecule has 4 aromatic rings. The SMILES string of the molecule is CCCN(Cc1ncc(-c2ccc(C#Cc3ccc(-c4c[nH]c([C@@H]5CN(CC(F)(F)F)CN5C(=O)[C@@H](NC(=O)OC)C(C)C)n4)cc3)cc2)[nH]1)C(=O)CNC(=O)OC. The molecular formula is C40H46F3N9O6. The van der Waals surface area contributed by atoms with Gasteiger partial charge in [-0.3, -0.25) is 14.5 Å². The molecule has 0 spiro atoms. The van der Waals surface area contributed by atoms with Crippen LogP contribution in [0.3, 0.4) is 0 Å². The van der Waals surface area contributed by atoms with Crippen LogP contribution in [0.1, 0.15) is 56.0 Å². The van der Waals surface area contributed by atoms with Crippen LogP contribution in [0.15, 0.2) is 60.9 Å². The highest BCUT2D eigenvalue weighted by Gasteiger charge is 2.43. The Morgan fingerprint density at radius 3 is 2.21 bits per heavy atom. The highest BCUT2D eigenvalue weighted by Crippen LogP contribution is 2.32. The zero-order valence-corrected chi connectivity index (χ0v) is 32.8. The third-order valence-electron chi connectivity index (χ3n) is 9.26. The van der Waals surface area contributed by atoms with Crippen molar-refractivity contribution in [2.75, 3.05) is 47.1 Å². The van der Waals surface area contributed by atoms with Gasteiger partial charge in [-0.25, -0.2) is 19.6 Å². The fraction of sp³-hybridized carbons (Fsp3) is 0.400. The van der Waals surface area contributed by atoms with Crippen molar-refractivity contribution >= 4 is 24.0 Å². The first-order chi connectivity index (χ1) is 27.7. The molecule has 4 N–H and O–H groups in total. The van der Waals surface area contributed by atoms with Gasteiger partial charge in [0.25, 0.3) is 0 Å². The van der Waals surface area contributed by atoms with Gasteiger partial charge in [-0.2, -0.15) is 13.2 Å². The highest BCUT2D eigenvalue weighted by molar-refractivity contribution is 5.86. The number of carbonyl (C=O) groups is 4. The smallest absolute Gasteiger partial charge is 0.407 e. The molecule has 0 bridgehead atoms. The summed E-state index contributed by atoms with van der Waals surface area (Å²) in [5.74, 6) is 6.04. The first-order valence-corrected chi connectivity index (χ1v) is 18.5. The Bertz CT molecular complexity index is 2110. The summed E-state index contributed by atoms with van der Waals surface area (Å²) in [7, 11) is 2.40. The largest absolute Gasteiger partial charge is 0.453 e. The molecule has 1 fully saturated rings. The Balaban J connectivity index is 1.24. The van der Waals surface area contributed by atoms with Crippen LogP contribution >= 0.6 is 0 Å². The Kier molecular flexibility index (Phi) is 14.2. The van der Waals surface area contributed by atoms with Gasteiger partial charge in [0.1, 0.15) is 30.3 Å². The van der Waals surface area contributed by atoms with Crippen LogP contribution in [0, 0.1) is 17.8 Å². The maximum absolute atomic E-state index is 13.7. The van der Waals surface area contributed by atoms with E-state index in [0.29, 0.717) is 23.9 Å². The van der Waals surface area contributed by atoms with Gasteiger partial charge >= 0.3 is 18.4 Å². The third kappa shape index (κ3) is 11.4. The summed E-state index contributed by atoms with van der Waals surface area (Å²) < 4.78 is 49.4. The number of aromatic amines is 2.